The lowest BCUT2D eigenvalue weighted by Crippen LogP contribution is -2.15. The normalized spacial score (nSPS) is 12.7. The average Bonchev–Trinajstić information content (AvgIpc) is 2.28. The number of hydrogen-bond acceptors (Lipinski definition) is 3. The van der Waals surface area contributed by atoms with E-state index >= 15 is 0 Å². The van der Waals surface area contributed by atoms with E-state index in [4.69, 9.17) is 9.57 Å². The van der Waals surface area contributed by atoms with Gasteiger partial charge in [0.2, 0.25) is 0 Å². The molecule has 3 nitrogen and oxygen atoms in total. The van der Waals surface area contributed by atoms with Crippen molar-refractivity contribution in [1.29, 1.82) is 0 Å². The van der Waals surface area contributed by atoms with E-state index in [9.17, 15) is 0 Å². The summed E-state index contributed by atoms with van der Waals surface area (Å²) in [6.45, 7) is 2.80. The lowest BCUT2D eigenvalue weighted by atomic mass is 10.0. The molecule has 1 aromatic carbocycles. The Morgan fingerprint density at radius 3 is 2.47 bits per heavy atom. The van der Waals surface area contributed by atoms with Crippen LogP contribution in [0.4, 0.5) is 0 Å². The highest BCUT2D eigenvalue weighted by Crippen LogP contribution is 2.12. The Kier molecular flexibility index (Phi) is 5.32. The van der Waals surface area contributed by atoms with Crippen LogP contribution in [0.1, 0.15) is 18.1 Å². The molecular weight excluding hydrogens is 190 g/mol. The highest BCUT2D eigenvalue weighted by atomic mass is 16.6. The van der Waals surface area contributed by atoms with Gasteiger partial charge >= 0.3 is 0 Å². The van der Waals surface area contributed by atoms with Crippen molar-refractivity contribution in [2.24, 2.45) is 0 Å². The van der Waals surface area contributed by atoms with Crippen LogP contribution < -0.4 is 5.48 Å². The molecule has 0 bridgehead atoms. The van der Waals surface area contributed by atoms with Gasteiger partial charge in [0.1, 0.15) is 0 Å². The van der Waals surface area contributed by atoms with Crippen LogP contribution in [0.2, 0.25) is 0 Å². The predicted octanol–water partition coefficient (Wildman–Crippen LogP) is 1.91. The molecule has 1 unspecified atom stereocenters. The maximum Gasteiger partial charge on any atom is 0.0583 e. The van der Waals surface area contributed by atoms with Crippen molar-refractivity contribution in [2.75, 3.05) is 14.2 Å². The summed E-state index contributed by atoms with van der Waals surface area (Å²) in [5.41, 5.74) is 5.41. The smallest absolute Gasteiger partial charge is 0.0583 e. The van der Waals surface area contributed by atoms with Crippen LogP contribution in [0.15, 0.2) is 24.3 Å². The molecule has 0 aliphatic heterocycles. The van der Waals surface area contributed by atoms with Gasteiger partial charge in [-0.25, -0.2) is 0 Å². The third kappa shape index (κ3) is 4.00. The molecule has 0 aromatic heterocycles. The van der Waals surface area contributed by atoms with Crippen molar-refractivity contribution >= 4 is 0 Å². The summed E-state index contributed by atoms with van der Waals surface area (Å²) in [5, 5.41) is 0. The first-order chi connectivity index (χ1) is 7.27. The summed E-state index contributed by atoms with van der Waals surface area (Å²) in [6.07, 6.45) is 1.17. The molecule has 0 aliphatic rings. The Balaban J connectivity index is 2.67. The van der Waals surface area contributed by atoms with E-state index in [0.29, 0.717) is 0 Å². The summed E-state index contributed by atoms with van der Waals surface area (Å²) in [6, 6.07) is 8.31. The number of methoxy groups -OCH3 is 1. The monoisotopic (exact) mass is 209 g/mol. The molecule has 1 aromatic rings. The summed E-state index contributed by atoms with van der Waals surface area (Å²) < 4.78 is 5.26. The van der Waals surface area contributed by atoms with Gasteiger partial charge in [-0.3, -0.25) is 0 Å². The number of ether oxygens (including phenoxy) is 1. The molecule has 0 radical (unpaired) electrons. The van der Waals surface area contributed by atoms with Crippen LogP contribution in [0.3, 0.4) is 0 Å². The Bertz CT molecular complexity index is 289. The number of rotatable bonds is 6. The largest absolute Gasteiger partial charge is 0.381 e. The van der Waals surface area contributed by atoms with E-state index in [1.165, 1.54) is 11.1 Å². The van der Waals surface area contributed by atoms with Gasteiger partial charge in [-0.05, 0) is 24.5 Å². The fourth-order valence-electron chi connectivity index (χ4n) is 1.47. The zero-order valence-electron chi connectivity index (χ0n) is 9.62. The topological polar surface area (TPSA) is 30.5 Å². The second-order valence-electron chi connectivity index (χ2n) is 3.54. The molecule has 15 heavy (non-hydrogen) atoms. The summed E-state index contributed by atoms with van der Waals surface area (Å²) >= 11 is 0. The Morgan fingerprint density at radius 2 is 1.87 bits per heavy atom. The molecule has 0 aliphatic carbocycles. The quantitative estimate of drug-likeness (QED) is 0.726. The van der Waals surface area contributed by atoms with Gasteiger partial charge in [0.05, 0.1) is 13.2 Å². The molecule has 3 heteroatoms. The predicted molar refractivity (Wildman–Crippen MR) is 60.5 cm³/mol. The van der Waals surface area contributed by atoms with E-state index < -0.39 is 0 Å². The molecule has 0 amide bonds. The van der Waals surface area contributed by atoms with Gasteiger partial charge in [-0.15, -0.1) is 0 Å². The van der Waals surface area contributed by atoms with Gasteiger partial charge < -0.3 is 9.57 Å². The minimum absolute atomic E-state index is 0.244. The minimum Gasteiger partial charge on any atom is -0.381 e. The number of benzene rings is 1. The highest BCUT2D eigenvalue weighted by Gasteiger charge is 2.05. The Morgan fingerprint density at radius 1 is 1.20 bits per heavy atom. The fourth-order valence-corrected chi connectivity index (χ4v) is 1.47. The average molecular weight is 209 g/mol. The van der Waals surface area contributed by atoms with E-state index in [1.807, 2.05) is 12.1 Å². The Labute approximate surface area is 91.4 Å². The maximum atomic E-state index is 5.26. The highest BCUT2D eigenvalue weighted by molar-refractivity contribution is 5.27. The number of hydrogen-bond donors (Lipinski definition) is 1. The van der Waals surface area contributed by atoms with Crippen LogP contribution >= 0.6 is 0 Å². The van der Waals surface area contributed by atoms with Crippen molar-refractivity contribution in [3.05, 3.63) is 35.4 Å². The Hall–Kier alpha value is -0.900. The number of hydroxylamine groups is 1. The van der Waals surface area contributed by atoms with Crippen LogP contribution in [-0.2, 0) is 22.5 Å². The molecule has 1 rings (SSSR count). The second-order valence-corrected chi connectivity index (χ2v) is 3.54. The van der Waals surface area contributed by atoms with E-state index in [1.54, 1.807) is 14.2 Å². The molecule has 0 saturated heterocycles. The third-order valence-corrected chi connectivity index (χ3v) is 2.44. The fraction of sp³-hybridized carbons (Fsp3) is 0.500. The lowest BCUT2D eigenvalue weighted by Gasteiger charge is -2.13. The minimum atomic E-state index is 0.244. The number of nitrogens with one attached hydrogen (secondary N) is 1. The summed E-state index contributed by atoms with van der Waals surface area (Å²) in [4.78, 5) is 4.85. The zero-order chi connectivity index (χ0) is 11.1. The molecule has 84 valence electrons. The molecule has 0 saturated carbocycles. The van der Waals surface area contributed by atoms with Crippen molar-refractivity contribution in [1.82, 2.24) is 5.48 Å². The van der Waals surface area contributed by atoms with E-state index in [2.05, 4.69) is 24.5 Å². The first-order valence-electron chi connectivity index (χ1n) is 5.13. The van der Waals surface area contributed by atoms with Crippen molar-refractivity contribution in [3.8, 4) is 0 Å². The van der Waals surface area contributed by atoms with Crippen molar-refractivity contribution in [2.45, 2.75) is 26.0 Å². The van der Waals surface area contributed by atoms with Gasteiger partial charge in [0.25, 0.3) is 0 Å². The van der Waals surface area contributed by atoms with Crippen molar-refractivity contribution in [3.63, 3.8) is 0 Å². The maximum absolute atomic E-state index is 5.26. The van der Waals surface area contributed by atoms with Gasteiger partial charge in [-0.2, -0.15) is 5.48 Å². The van der Waals surface area contributed by atoms with Crippen LogP contribution in [0.5, 0.6) is 0 Å². The summed E-state index contributed by atoms with van der Waals surface area (Å²) in [7, 11) is 3.36. The van der Waals surface area contributed by atoms with E-state index in [-0.39, 0.29) is 6.10 Å². The lowest BCUT2D eigenvalue weighted by molar-refractivity contribution is 0.0859. The zero-order valence-corrected chi connectivity index (χ0v) is 9.62. The SMILES string of the molecule is CONCc1ccccc1CC(C)OC. The molecule has 0 heterocycles. The molecule has 0 spiro atoms. The first kappa shape index (κ1) is 12.2. The molecular formula is C12H19NO2. The first-order valence-corrected chi connectivity index (χ1v) is 5.13. The van der Waals surface area contributed by atoms with Crippen molar-refractivity contribution < 1.29 is 9.57 Å². The van der Waals surface area contributed by atoms with Gasteiger partial charge in [0.15, 0.2) is 0 Å². The second kappa shape index (κ2) is 6.56. The third-order valence-electron chi connectivity index (χ3n) is 2.44. The molecule has 1 atom stereocenters. The molecule has 0 fully saturated rings. The molecule has 1 N–H and O–H groups in total. The van der Waals surface area contributed by atoms with Crippen LogP contribution in [0, 0.1) is 0 Å². The summed E-state index contributed by atoms with van der Waals surface area (Å²) in [5.74, 6) is 0. The van der Waals surface area contributed by atoms with Gasteiger partial charge in [0, 0.05) is 13.7 Å². The standard InChI is InChI=1S/C12H19NO2/c1-10(14-2)8-11-6-4-5-7-12(11)9-13-15-3/h4-7,10,13H,8-9H2,1-3H3. The van der Waals surface area contributed by atoms with E-state index in [0.717, 1.165) is 13.0 Å². The van der Waals surface area contributed by atoms with Crippen LogP contribution in [0.25, 0.3) is 0 Å². The van der Waals surface area contributed by atoms with Crippen LogP contribution in [-0.4, -0.2) is 20.3 Å². The van der Waals surface area contributed by atoms with Gasteiger partial charge in [-0.1, -0.05) is 24.3 Å².